The summed E-state index contributed by atoms with van der Waals surface area (Å²) < 4.78 is 0. The largest absolute Gasteiger partial charge is 0.303 e. The van der Waals surface area contributed by atoms with Crippen LogP contribution < -0.4 is 5.43 Å². The van der Waals surface area contributed by atoms with Crippen LogP contribution in [-0.4, -0.2) is 42.9 Å². The van der Waals surface area contributed by atoms with Gasteiger partial charge in [-0.2, -0.15) is 5.10 Å². The van der Waals surface area contributed by atoms with Crippen LogP contribution in [-0.2, 0) is 0 Å². The highest BCUT2D eigenvalue weighted by Gasteiger charge is 2.08. The maximum atomic E-state index is 7.45. The third-order valence-electron chi connectivity index (χ3n) is 2.09. The second kappa shape index (κ2) is 4.15. The van der Waals surface area contributed by atoms with E-state index in [0.29, 0.717) is 18.7 Å². The summed E-state index contributed by atoms with van der Waals surface area (Å²) in [6, 6.07) is 0. The van der Waals surface area contributed by atoms with Crippen LogP contribution in [0.1, 0.15) is 6.42 Å². The predicted octanol–water partition coefficient (Wildman–Crippen LogP) is 0.213. The molecular formula is C9H13N5. The van der Waals surface area contributed by atoms with Gasteiger partial charge in [0.05, 0.1) is 25.3 Å². The van der Waals surface area contributed by atoms with Crippen molar-refractivity contribution in [1.29, 1.82) is 5.41 Å². The maximum Gasteiger partial charge on any atom is 0.0761 e. The average Bonchev–Trinajstić information content (AvgIpc) is 2.58. The van der Waals surface area contributed by atoms with E-state index < -0.39 is 0 Å². The molecule has 0 amide bonds. The zero-order valence-electron chi connectivity index (χ0n) is 7.90. The summed E-state index contributed by atoms with van der Waals surface area (Å²) in [6.45, 7) is 2.23. The van der Waals surface area contributed by atoms with E-state index >= 15 is 0 Å². The molecule has 0 bridgehead atoms. The SMILES string of the molecule is N=C1C=NCC(CN2N=CCN2)=CC1. The van der Waals surface area contributed by atoms with Crippen molar-refractivity contribution in [2.45, 2.75) is 6.42 Å². The molecule has 14 heavy (non-hydrogen) atoms. The maximum absolute atomic E-state index is 7.45. The van der Waals surface area contributed by atoms with Gasteiger partial charge in [-0.15, -0.1) is 0 Å². The summed E-state index contributed by atoms with van der Waals surface area (Å²) in [7, 11) is 0. The summed E-state index contributed by atoms with van der Waals surface area (Å²) in [6.07, 6.45) is 6.20. The molecule has 0 atom stereocenters. The summed E-state index contributed by atoms with van der Waals surface area (Å²) in [5.74, 6) is 0. The minimum atomic E-state index is 0.567. The molecule has 0 spiro atoms. The number of nitrogens with zero attached hydrogens (tertiary/aromatic N) is 3. The number of hydrazine groups is 1. The minimum absolute atomic E-state index is 0.567. The van der Waals surface area contributed by atoms with Gasteiger partial charge in [-0.1, -0.05) is 6.08 Å². The van der Waals surface area contributed by atoms with Crippen LogP contribution in [0.4, 0.5) is 0 Å². The van der Waals surface area contributed by atoms with E-state index in [2.05, 4.69) is 21.6 Å². The van der Waals surface area contributed by atoms with Gasteiger partial charge in [0.25, 0.3) is 0 Å². The third kappa shape index (κ3) is 2.26. The molecule has 0 aromatic heterocycles. The van der Waals surface area contributed by atoms with Gasteiger partial charge in [0, 0.05) is 18.9 Å². The van der Waals surface area contributed by atoms with Crippen molar-refractivity contribution in [3.63, 3.8) is 0 Å². The van der Waals surface area contributed by atoms with E-state index in [0.717, 1.165) is 13.1 Å². The smallest absolute Gasteiger partial charge is 0.0761 e. The van der Waals surface area contributed by atoms with Crippen LogP contribution in [0.5, 0.6) is 0 Å². The first-order valence-corrected chi connectivity index (χ1v) is 4.63. The molecule has 2 aliphatic heterocycles. The summed E-state index contributed by atoms with van der Waals surface area (Å²) in [5, 5.41) is 13.4. The molecule has 5 nitrogen and oxygen atoms in total. The van der Waals surface area contributed by atoms with Gasteiger partial charge in [-0.3, -0.25) is 4.99 Å². The van der Waals surface area contributed by atoms with Crippen molar-refractivity contribution in [3.8, 4) is 0 Å². The van der Waals surface area contributed by atoms with Gasteiger partial charge in [0.2, 0.25) is 0 Å². The Morgan fingerprint density at radius 3 is 3.29 bits per heavy atom. The third-order valence-corrected chi connectivity index (χ3v) is 2.09. The van der Waals surface area contributed by atoms with E-state index in [9.17, 15) is 0 Å². The molecule has 2 heterocycles. The molecular weight excluding hydrogens is 178 g/mol. The number of rotatable bonds is 2. The van der Waals surface area contributed by atoms with Gasteiger partial charge < -0.3 is 5.41 Å². The van der Waals surface area contributed by atoms with Gasteiger partial charge in [-0.25, -0.2) is 10.5 Å². The van der Waals surface area contributed by atoms with Crippen LogP contribution in [0, 0.1) is 5.41 Å². The number of hydrogen-bond donors (Lipinski definition) is 2. The van der Waals surface area contributed by atoms with Gasteiger partial charge >= 0.3 is 0 Å². The molecule has 0 aromatic carbocycles. The molecule has 0 radical (unpaired) electrons. The van der Waals surface area contributed by atoms with Crippen molar-refractivity contribution < 1.29 is 0 Å². The van der Waals surface area contributed by atoms with E-state index in [-0.39, 0.29) is 0 Å². The Hall–Kier alpha value is -1.49. The second-order valence-electron chi connectivity index (χ2n) is 3.28. The Bertz CT molecular complexity index is 315. The molecule has 0 fully saturated rings. The Labute approximate surface area is 82.7 Å². The number of hydrazone groups is 1. The second-order valence-corrected chi connectivity index (χ2v) is 3.28. The lowest BCUT2D eigenvalue weighted by Crippen LogP contribution is -2.30. The molecule has 0 aromatic rings. The van der Waals surface area contributed by atoms with E-state index in [4.69, 9.17) is 5.41 Å². The standard InChI is InChI=1S/C9H13N5/c10-9-2-1-8(5-11-6-9)7-14-12-3-4-13-14/h1,3,6,10,13H,2,4-5,7H2. The van der Waals surface area contributed by atoms with Gasteiger partial charge in [0.15, 0.2) is 0 Å². The normalized spacial score (nSPS) is 21.3. The zero-order chi connectivity index (χ0) is 9.80. The predicted molar refractivity (Wildman–Crippen MR) is 57.0 cm³/mol. The lowest BCUT2D eigenvalue weighted by molar-refractivity contribution is 0.251. The molecule has 0 saturated heterocycles. The fourth-order valence-corrected chi connectivity index (χ4v) is 1.37. The highest BCUT2D eigenvalue weighted by atomic mass is 15.7. The number of allylic oxidation sites excluding steroid dienone is 1. The molecule has 0 unspecified atom stereocenters. The van der Waals surface area contributed by atoms with Crippen LogP contribution in [0.2, 0.25) is 0 Å². The Balaban J connectivity index is 1.94. The molecule has 2 aliphatic rings. The van der Waals surface area contributed by atoms with Crippen molar-refractivity contribution >= 4 is 18.1 Å². The first kappa shape index (κ1) is 9.08. The van der Waals surface area contributed by atoms with Crippen LogP contribution in [0.15, 0.2) is 21.7 Å². The molecule has 74 valence electrons. The van der Waals surface area contributed by atoms with E-state index in [1.807, 2.05) is 6.21 Å². The zero-order valence-corrected chi connectivity index (χ0v) is 7.90. The van der Waals surface area contributed by atoms with E-state index in [1.165, 1.54) is 5.57 Å². The molecule has 5 heteroatoms. The van der Waals surface area contributed by atoms with Crippen LogP contribution in [0.3, 0.4) is 0 Å². The van der Waals surface area contributed by atoms with Crippen molar-refractivity contribution in [2.24, 2.45) is 10.1 Å². The van der Waals surface area contributed by atoms with Gasteiger partial charge in [-0.05, 0) is 5.57 Å². The fourth-order valence-electron chi connectivity index (χ4n) is 1.37. The lowest BCUT2D eigenvalue weighted by atomic mass is 10.2. The summed E-state index contributed by atoms with van der Waals surface area (Å²) in [5.41, 5.74) is 4.87. The molecule has 2 N–H and O–H groups in total. The highest BCUT2D eigenvalue weighted by molar-refractivity contribution is 6.29. The quantitative estimate of drug-likeness (QED) is 0.613. The summed E-state index contributed by atoms with van der Waals surface area (Å²) in [4.78, 5) is 4.15. The molecule has 0 aliphatic carbocycles. The molecule has 0 saturated carbocycles. The average molecular weight is 191 g/mol. The van der Waals surface area contributed by atoms with Crippen molar-refractivity contribution in [2.75, 3.05) is 19.6 Å². The Morgan fingerprint density at radius 2 is 2.50 bits per heavy atom. The number of aliphatic imine (C=N–C) groups is 1. The van der Waals surface area contributed by atoms with Crippen molar-refractivity contribution in [1.82, 2.24) is 10.5 Å². The first-order chi connectivity index (χ1) is 6.84. The fraction of sp³-hybridized carbons (Fsp3) is 0.444. The number of nitrogens with one attached hydrogen (secondary N) is 2. The minimum Gasteiger partial charge on any atom is -0.303 e. The van der Waals surface area contributed by atoms with Crippen molar-refractivity contribution in [3.05, 3.63) is 11.6 Å². The number of hydrogen-bond acceptors (Lipinski definition) is 5. The molecule has 2 rings (SSSR count). The van der Waals surface area contributed by atoms with Gasteiger partial charge in [0.1, 0.15) is 0 Å². The highest BCUT2D eigenvalue weighted by Crippen LogP contribution is 2.05. The first-order valence-electron chi connectivity index (χ1n) is 4.63. The summed E-state index contributed by atoms with van der Waals surface area (Å²) >= 11 is 0. The monoisotopic (exact) mass is 191 g/mol. The van der Waals surface area contributed by atoms with Crippen LogP contribution >= 0.6 is 0 Å². The lowest BCUT2D eigenvalue weighted by Gasteiger charge is -2.14. The topological polar surface area (TPSA) is 63.8 Å². The van der Waals surface area contributed by atoms with E-state index in [1.54, 1.807) is 11.3 Å². The Kier molecular flexibility index (Phi) is 2.69. The Morgan fingerprint density at radius 1 is 1.57 bits per heavy atom. The van der Waals surface area contributed by atoms with Crippen LogP contribution in [0.25, 0.3) is 0 Å².